The maximum absolute atomic E-state index is 9.36. The fourth-order valence-corrected chi connectivity index (χ4v) is 2.01. The molecule has 4 atom stereocenters. The highest BCUT2D eigenvalue weighted by Crippen LogP contribution is 2.26. The second kappa shape index (κ2) is 2.19. The van der Waals surface area contributed by atoms with Crippen molar-refractivity contribution in [2.24, 2.45) is 0 Å². The third-order valence-corrected chi connectivity index (χ3v) is 2.63. The van der Waals surface area contributed by atoms with Crippen molar-refractivity contribution in [2.75, 3.05) is 0 Å². The molecule has 2 bridgehead atoms. The predicted octanol–water partition coefficient (Wildman–Crippen LogP) is -0.768. The van der Waals surface area contributed by atoms with Gasteiger partial charge in [0.15, 0.2) is 0 Å². The summed E-state index contributed by atoms with van der Waals surface area (Å²) in [5.74, 6) is 0. The maximum Gasteiger partial charge on any atom is 0.0967 e. The molecule has 2 aliphatic rings. The highest BCUT2D eigenvalue weighted by molar-refractivity contribution is 5.00. The van der Waals surface area contributed by atoms with Crippen molar-refractivity contribution in [3.63, 3.8) is 0 Å². The number of rotatable bonds is 0. The Morgan fingerprint density at radius 2 is 1.50 bits per heavy atom. The van der Waals surface area contributed by atoms with Gasteiger partial charge in [-0.05, 0) is 12.8 Å². The van der Waals surface area contributed by atoms with E-state index in [-0.39, 0.29) is 12.1 Å². The highest BCUT2D eigenvalue weighted by atomic mass is 16.3. The molecule has 3 heteroatoms. The molecule has 0 amide bonds. The van der Waals surface area contributed by atoms with Crippen LogP contribution in [0.15, 0.2) is 0 Å². The highest BCUT2D eigenvalue weighted by Gasteiger charge is 2.42. The molecule has 0 aliphatic carbocycles. The van der Waals surface area contributed by atoms with Crippen LogP contribution in [0.3, 0.4) is 0 Å². The zero-order chi connectivity index (χ0) is 7.14. The second-order valence-corrected chi connectivity index (χ2v) is 3.29. The lowest BCUT2D eigenvalue weighted by Gasteiger charge is -2.20. The fraction of sp³-hybridized carbons (Fsp3) is 1.00. The van der Waals surface area contributed by atoms with E-state index in [1.165, 1.54) is 0 Å². The van der Waals surface area contributed by atoms with Gasteiger partial charge >= 0.3 is 0 Å². The predicted molar refractivity (Wildman–Crippen MR) is 36.6 cm³/mol. The van der Waals surface area contributed by atoms with Gasteiger partial charge in [0.25, 0.3) is 0 Å². The van der Waals surface area contributed by atoms with Crippen molar-refractivity contribution in [3.05, 3.63) is 0 Å². The number of hydrogen-bond acceptors (Lipinski definition) is 3. The Morgan fingerprint density at radius 3 is 1.90 bits per heavy atom. The SMILES string of the molecule is O[C@@H]1[C@@H](O)[C@H]2CCC[C@H]1N2. The van der Waals surface area contributed by atoms with Crippen molar-refractivity contribution < 1.29 is 10.2 Å². The molecule has 0 aromatic carbocycles. The average Bonchev–Trinajstić information content (AvgIpc) is 2.17. The normalized spacial score (nSPS) is 53.4. The molecular weight excluding hydrogens is 130 g/mol. The Bertz CT molecular complexity index is 122. The van der Waals surface area contributed by atoms with E-state index in [9.17, 15) is 10.2 Å². The third kappa shape index (κ3) is 0.779. The first-order chi connectivity index (χ1) is 4.79. The second-order valence-electron chi connectivity index (χ2n) is 3.29. The fourth-order valence-electron chi connectivity index (χ4n) is 2.01. The summed E-state index contributed by atoms with van der Waals surface area (Å²) in [6.45, 7) is 0. The molecule has 0 spiro atoms. The van der Waals surface area contributed by atoms with Gasteiger partial charge in [-0.15, -0.1) is 0 Å². The van der Waals surface area contributed by atoms with Crippen molar-refractivity contribution >= 4 is 0 Å². The first-order valence-corrected chi connectivity index (χ1v) is 3.91. The van der Waals surface area contributed by atoms with E-state index in [0.717, 1.165) is 19.3 Å². The number of hydrogen-bond donors (Lipinski definition) is 3. The van der Waals surface area contributed by atoms with Crippen LogP contribution < -0.4 is 5.32 Å². The number of piperidine rings is 1. The number of nitrogens with one attached hydrogen (secondary N) is 1. The van der Waals surface area contributed by atoms with Gasteiger partial charge < -0.3 is 15.5 Å². The largest absolute Gasteiger partial charge is 0.389 e. The Labute approximate surface area is 60.1 Å². The molecule has 10 heavy (non-hydrogen) atoms. The van der Waals surface area contributed by atoms with Crippen LogP contribution in [0.1, 0.15) is 19.3 Å². The van der Waals surface area contributed by atoms with Crippen LogP contribution in [-0.4, -0.2) is 34.5 Å². The van der Waals surface area contributed by atoms with Gasteiger partial charge in [-0.3, -0.25) is 0 Å². The lowest BCUT2D eigenvalue weighted by molar-refractivity contribution is 0.0327. The minimum absolute atomic E-state index is 0.161. The Morgan fingerprint density at radius 1 is 1.00 bits per heavy atom. The van der Waals surface area contributed by atoms with E-state index in [4.69, 9.17) is 0 Å². The van der Waals surface area contributed by atoms with E-state index in [2.05, 4.69) is 5.32 Å². The van der Waals surface area contributed by atoms with Gasteiger partial charge in [0, 0.05) is 12.1 Å². The summed E-state index contributed by atoms with van der Waals surface area (Å²) in [6.07, 6.45) is 2.11. The molecule has 2 saturated heterocycles. The lowest BCUT2D eigenvalue weighted by Crippen LogP contribution is -2.37. The molecule has 58 valence electrons. The van der Waals surface area contributed by atoms with Crippen molar-refractivity contribution in [1.82, 2.24) is 5.32 Å². The summed E-state index contributed by atoms with van der Waals surface area (Å²) in [7, 11) is 0. The monoisotopic (exact) mass is 143 g/mol. The van der Waals surface area contributed by atoms with Crippen LogP contribution in [-0.2, 0) is 0 Å². The van der Waals surface area contributed by atoms with Gasteiger partial charge in [0.1, 0.15) is 0 Å². The Balaban J connectivity index is 2.13. The molecule has 3 N–H and O–H groups in total. The molecule has 2 heterocycles. The van der Waals surface area contributed by atoms with Crippen LogP contribution >= 0.6 is 0 Å². The molecule has 0 aromatic rings. The van der Waals surface area contributed by atoms with Crippen LogP contribution in [0.2, 0.25) is 0 Å². The average molecular weight is 143 g/mol. The van der Waals surface area contributed by atoms with Gasteiger partial charge in [-0.2, -0.15) is 0 Å². The van der Waals surface area contributed by atoms with Crippen LogP contribution in [0.4, 0.5) is 0 Å². The lowest BCUT2D eigenvalue weighted by atomic mass is 10.1. The first-order valence-electron chi connectivity index (χ1n) is 3.91. The van der Waals surface area contributed by atoms with Gasteiger partial charge in [0.05, 0.1) is 12.2 Å². The molecule has 2 rings (SSSR count). The molecular formula is C7H13NO2. The van der Waals surface area contributed by atoms with Crippen molar-refractivity contribution in [2.45, 2.75) is 43.6 Å². The van der Waals surface area contributed by atoms with E-state index in [1.54, 1.807) is 0 Å². The van der Waals surface area contributed by atoms with E-state index in [0.29, 0.717) is 0 Å². The van der Waals surface area contributed by atoms with E-state index < -0.39 is 12.2 Å². The number of aliphatic hydroxyl groups excluding tert-OH is 2. The zero-order valence-corrected chi connectivity index (χ0v) is 5.83. The quantitative estimate of drug-likeness (QED) is 0.417. The Hall–Kier alpha value is -0.120. The molecule has 0 radical (unpaired) electrons. The minimum Gasteiger partial charge on any atom is -0.389 e. The summed E-state index contributed by atoms with van der Waals surface area (Å²) < 4.78 is 0. The van der Waals surface area contributed by atoms with Crippen LogP contribution in [0.25, 0.3) is 0 Å². The minimum atomic E-state index is -0.521. The summed E-state index contributed by atoms with van der Waals surface area (Å²) in [6, 6.07) is 0.322. The van der Waals surface area contributed by atoms with E-state index >= 15 is 0 Å². The van der Waals surface area contributed by atoms with Crippen molar-refractivity contribution in [1.29, 1.82) is 0 Å². The Kier molecular flexibility index (Phi) is 1.44. The molecule has 0 aromatic heterocycles. The summed E-state index contributed by atoms with van der Waals surface area (Å²) in [4.78, 5) is 0. The smallest absolute Gasteiger partial charge is 0.0967 e. The summed E-state index contributed by atoms with van der Waals surface area (Å²) >= 11 is 0. The molecule has 2 fully saturated rings. The van der Waals surface area contributed by atoms with Gasteiger partial charge in [0.2, 0.25) is 0 Å². The molecule has 3 nitrogen and oxygen atoms in total. The third-order valence-electron chi connectivity index (χ3n) is 2.63. The van der Waals surface area contributed by atoms with Gasteiger partial charge in [-0.25, -0.2) is 0 Å². The van der Waals surface area contributed by atoms with Crippen LogP contribution in [0.5, 0.6) is 0 Å². The van der Waals surface area contributed by atoms with Gasteiger partial charge in [-0.1, -0.05) is 6.42 Å². The maximum atomic E-state index is 9.36. The summed E-state index contributed by atoms with van der Waals surface area (Å²) in [5.41, 5.74) is 0. The molecule has 0 unspecified atom stereocenters. The summed E-state index contributed by atoms with van der Waals surface area (Å²) in [5, 5.41) is 21.9. The van der Waals surface area contributed by atoms with Crippen LogP contribution in [0, 0.1) is 0 Å². The van der Waals surface area contributed by atoms with Crippen molar-refractivity contribution in [3.8, 4) is 0 Å². The molecule has 0 saturated carbocycles. The topological polar surface area (TPSA) is 52.5 Å². The zero-order valence-electron chi connectivity index (χ0n) is 5.83. The first kappa shape index (κ1) is 6.58. The number of aliphatic hydroxyl groups is 2. The number of fused-ring (bicyclic) bond motifs is 2. The molecule has 2 aliphatic heterocycles. The van der Waals surface area contributed by atoms with E-state index in [1.807, 2.05) is 0 Å². The standard InChI is InChI=1S/C7H13NO2/c9-6-4-2-1-3-5(8-4)7(6)10/h4-10H,1-3H2/t4-,5-,6+,7+/m1/s1.